The van der Waals surface area contributed by atoms with Crippen molar-refractivity contribution in [3.05, 3.63) is 89.7 Å². The second-order valence-electron chi connectivity index (χ2n) is 14.0. The zero-order valence-corrected chi connectivity index (χ0v) is 32.3. The minimum atomic E-state index is -4.05. The van der Waals surface area contributed by atoms with Gasteiger partial charge in [-0.1, -0.05) is 88.8 Å². The van der Waals surface area contributed by atoms with Crippen LogP contribution in [0.3, 0.4) is 0 Å². The average Bonchev–Trinajstić information content (AvgIpc) is 3.49. The first-order chi connectivity index (χ1) is 24.1. The molecule has 0 aliphatic rings. The van der Waals surface area contributed by atoms with Crippen LogP contribution in [0.4, 0.5) is 4.39 Å². The largest absolute Gasteiger partial charge is 0.390 e. The van der Waals surface area contributed by atoms with Gasteiger partial charge in [0.2, 0.25) is 21.8 Å². The number of thiazole rings is 1. The molecular weight excluding hydrogens is 710 g/mol. The van der Waals surface area contributed by atoms with Crippen molar-refractivity contribution in [2.45, 2.75) is 75.0 Å². The van der Waals surface area contributed by atoms with E-state index in [-0.39, 0.29) is 49.2 Å². The predicted octanol–water partition coefficient (Wildman–Crippen LogP) is 5.21. The van der Waals surface area contributed by atoms with E-state index in [1.54, 1.807) is 24.3 Å². The number of rotatable bonds is 17. The summed E-state index contributed by atoms with van der Waals surface area (Å²) in [5.74, 6) is -1.38. The molecule has 10 nitrogen and oxygen atoms in total. The maximum atomic E-state index is 14.1. The van der Waals surface area contributed by atoms with Gasteiger partial charge in [0.15, 0.2) is 4.34 Å². The first kappa shape index (κ1) is 40.4. The fourth-order valence-electron chi connectivity index (χ4n) is 5.57. The topological polar surface area (TPSA) is 141 Å². The Morgan fingerprint density at radius 3 is 2.33 bits per heavy atom. The molecule has 0 unspecified atom stereocenters. The Kier molecular flexibility index (Phi) is 14.2. The minimum Gasteiger partial charge on any atom is -0.390 e. The summed E-state index contributed by atoms with van der Waals surface area (Å²) in [5, 5.41) is 20.5. The number of nitrogens with one attached hydrogen (secondary N) is 3. The van der Waals surface area contributed by atoms with E-state index in [1.807, 2.05) is 71.2 Å². The molecular formula is C37H48FN5O5S3. The van der Waals surface area contributed by atoms with Gasteiger partial charge in [-0.2, -0.15) is 4.31 Å². The molecule has 51 heavy (non-hydrogen) atoms. The number of nitrogens with zero attached hydrogens (tertiary/aromatic N) is 2. The van der Waals surface area contributed by atoms with Gasteiger partial charge >= 0.3 is 0 Å². The number of sulfonamides is 1. The van der Waals surface area contributed by atoms with Crippen molar-refractivity contribution < 1.29 is 27.5 Å². The van der Waals surface area contributed by atoms with Crippen LogP contribution in [-0.4, -0.2) is 78.7 Å². The van der Waals surface area contributed by atoms with Gasteiger partial charge in [-0.15, -0.1) is 11.3 Å². The van der Waals surface area contributed by atoms with Gasteiger partial charge in [-0.25, -0.2) is 17.8 Å². The number of benzene rings is 3. The molecule has 0 saturated heterocycles. The summed E-state index contributed by atoms with van der Waals surface area (Å²) >= 11 is 2.91. The van der Waals surface area contributed by atoms with E-state index in [1.165, 1.54) is 45.6 Å². The van der Waals surface area contributed by atoms with Crippen LogP contribution >= 0.6 is 23.1 Å². The van der Waals surface area contributed by atoms with Crippen LogP contribution < -0.4 is 16.0 Å². The van der Waals surface area contributed by atoms with Crippen LogP contribution in [0, 0.1) is 17.2 Å². The lowest BCUT2D eigenvalue weighted by molar-refractivity contribution is -0.132. The van der Waals surface area contributed by atoms with Crippen LogP contribution in [0.5, 0.6) is 0 Å². The zero-order valence-electron chi connectivity index (χ0n) is 29.9. The number of carbonyl (C=O) groups excluding carboxylic acids is 2. The van der Waals surface area contributed by atoms with Gasteiger partial charge in [-0.05, 0) is 65.5 Å². The van der Waals surface area contributed by atoms with Crippen LogP contribution in [0.1, 0.15) is 45.7 Å². The van der Waals surface area contributed by atoms with Crippen LogP contribution in [-0.2, 0) is 32.6 Å². The normalized spacial score (nSPS) is 14.1. The van der Waals surface area contributed by atoms with Crippen molar-refractivity contribution in [3.8, 4) is 0 Å². The van der Waals surface area contributed by atoms with E-state index in [4.69, 9.17) is 0 Å². The van der Waals surface area contributed by atoms with Crippen LogP contribution in [0.25, 0.3) is 10.2 Å². The summed E-state index contributed by atoms with van der Waals surface area (Å²) in [6.07, 6.45) is 0.827. The number of aliphatic hydroxyl groups excluding tert-OH is 1. The number of thioether (sulfide) groups is 1. The zero-order chi connectivity index (χ0) is 37.3. The van der Waals surface area contributed by atoms with E-state index < -0.39 is 45.4 Å². The summed E-state index contributed by atoms with van der Waals surface area (Å²) in [6.45, 7) is 9.28. The third-order valence-corrected chi connectivity index (χ3v) is 12.0. The first-order valence-corrected chi connectivity index (χ1v) is 20.3. The molecule has 4 aromatic rings. The van der Waals surface area contributed by atoms with Crippen LogP contribution in [0.2, 0.25) is 0 Å². The first-order valence-electron chi connectivity index (χ1n) is 16.8. The molecule has 0 saturated carbocycles. The van der Waals surface area contributed by atoms with E-state index in [0.29, 0.717) is 11.1 Å². The third-order valence-electron chi connectivity index (χ3n) is 8.14. The van der Waals surface area contributed by atoms with E-state index >= 15 is 0 Å². The van der Waals surface area contributed by atoms with Crippen molar-refractivity contribution in [2.75, 3.05) is 25.9 Å². The SMILES string of the molecule is CSc1nc2ccc(S(=O)(=O)N(CC(C)C)C[C@@H](O)[C@H](Cc3ccccc3)NC(=O)[C@@H](NC(=O)CNCc3cccc(F)c3)C(C)(C)C)cc2s1. The monoisotopic (exact) mass is 757 g/mol. The highest BCUT2D eigenvalue weighted by atomic mass is 32.2. The van der Waals surface area contributed by atoms with Crippen molar-refractivity contribution >= 4 is 55.2 Å². The Bertz CT molecular complexity index is 1880. The Labute approximate surface area is 308 Å². The summed E-state index contributed by atoms with van der Waals surface area (Å²) in [5.41, 5.74) is 1.50. The smallest absolute Gasteiger partial charge is 0.243 e. The Hall–Kier alpha value is -3.40. The van der Waals surface area contributed by atoms with Crippen LogP contribution in [0.15, 0.2) is 82.0 Å². The van der Waals surface area contributed by atoms with Crippen molar-refractivity contribution in [1.29, 1.82) is 0 Å². The summed E-state index contributed by atoms with van der Waals surface area (Å²) in [7, 11) is -4.05. The number of hydrogen-bond acceptors (Lipinski definition) is 9. The molecule has 1 aromatic heterocycles. The molecule has 0 radical (unpaired) electrons. The molecule has 3 atom stereocenters. The van der Waals surface area contributed by atoms with Crippen molar-refractivity contribution in [2.24, 2.45) is 11.3 Å². The Morgan fingerprint density at radius 2 is 1.69 bits per heavy atom. The molecule has 14 heteroatoms. The Balaban J connectivity index is 1.54. The maximum absolute atomic E-state index is 14.1. The highest BCUT2D eigenvalue weighted by Crippen LogP contribution is 2.31. The number of hydrogen-bond donors (Lipinski definition) is 4. The molecule has 0 fully saturated rings. The molecule has 0 aliphatic carbocycles. The van der Waals surface area contributed by atoms with Gasteiger partial charge < -0.3 is 21.1 Å². The van der Waals surface area contributed by atoms with E-state index in [9.17, 15) is 27.5 Å². The Morgan fingerprint density at radius 1 is 0.980 bits per heavy atom. The third kappa shape index (κ3) is 11.5. The van der Waals surface area contributed by atoms with Gasteiger partial charge in [-0.3, -0.25) is 9.59 Å². The minimum absolute atomic E-state index is 0.0561. The molecule has 2 amide bonds. The molecule has 276 valence electrons. The number of halogens is 1. The molecule has 4 rings (SSSR count). The summed E-state index contributed by atoms with van der Waals surface area (Å²) < 4.78 is 44.7. The fourth-order valence-corrected chi connectivity index (χ4v) is 8.82. The molecule has 0 aliphatic heterocycles. The lowest BCUT2D eigenvalue weighted by atomic mass is 9.85. The van der Waals surface area contributed by atoms with Gasteiger partial charge in [0.05, 0.1) is 33.8 Å². The number of aliphatic hydroxyl groups is 1. The van der Waals surface area contributed by atoms with Gasteiger partial charge in [0.1, 0.15) is 11.9 Å². The molecule has 3 aromatic carbocycles. The number of amides is 2. The molecule has 0 bridgehead atoms. The molecule has 0 spiro atoms. The lowest BCUT2D eigenvalue weighted by Gasteiger charge is -2.34. The maximum Gasteiger partial charge on any atom is 0.243 e. The highest BCUT2D eigenvalue weighted by Gasteiger charge is 2.36. The van der Waals surface area contributed by atoms with Crippen molar-refractivity contribution in [1.82, 2.24) is 25.2 Å². The standard InChI is InChI=1S/C37H48FN5O5S3/c1-24(2)22-43(51(47,48)28-15-16-29-32(19-28)50-36(41-29)49-6)23-31(44)30(18-25-11-8-7-9-12-25)40-35(46)34(37(3,4)5)42-33(45)21-39-20-26-13-10-14-27(38)17-26/h7-17,19,24,30-31,34,39,44H,18,20-23H2,1-6H3,(H,40,46)(H,42,45)/t30-,31+,34+/m0/s1. The predicted molar refractivity (Wildman–Crippen MR) is 203 cm³/mol. The number of carbonyl (C=O) groups is 2. The molecule has 1 heterocycles. The number of fused-ring (bicyclic) bond motifs is 1. The second-order valence-corrected chi connectivity index (χ2v) is 18.0. The van der Waals surface area contributed by atoms with E-state index in [0.717, 1.165) is 14.6 Å². The lowest BCUT2D eigenvalue weighted by Crippen LogP contribution is -2.59. The van der Waals surface area contributed by atoms with Gasteiger partial charge in [0, 0.05) is 19.6 Å². The molecule has 4 N–H and O–H groups in total. The summed E-state index contributed by atoms with van der Waals surface area (Å²) in [4.78, 5) is 31.6. The van der Waals surface area contributed by atoms with Gasteiger partial charge in [0.25, 0.3) is 0 Å². The van der Waals surface area contributed by atoms with Crippen molar-refractivity contribution in [3.63, 3.8) is 0 Å². The van der Waals surface area contributed by atoms with E-state index in [2.05, 4.69) is 20.9 Å². The summed E-state index contributed by atoms with van der Waals surface area (Å²) in [6, 6.07) is 18.3. The number of aromatic nitrogens is 1. The fraction of sp³-hybridized carbons (Fsp3) is 0.432. The highest BCUT2D eigenvalue weighted by molar-refractivity contribution is 8.00. The second kappa shape index (κ2) is 17.9. The average molecular weight is 758 g/mol. The quantitative estimate of drug-likeness (QED) is 0.108.